The maximum atomic E-state index is 12.7. The first-order valence-corrected chi connectivity index (χ1v) is 9.94. The molecule has 1 aliphatic heterocycles. The zero-order valence-corrected chi connectivity index (χ0v) is 17.9. The highest BCUT2D eigenvalue weighted by Crippen LogP contribution is 2.24. The van der Waals surface area contributed by atoms with E-state index in [0.29, 0.717) is 29.1 Å². The lowest BCUT2D eigenvalue weighted by Crippen LogP contribution is -2.39. The van der Waals surface area contributed by atoms with Gasteiger partial charge in [0.2, 0.25) is 0 Å². The molecule has 2 aromatic carbocycles. The van der Waals surface area contributed by atoms with Crippen molar-refractivity contribution in [3.8, 4) is 17.6 Å². The molecule has 5 heteroatoms. The minimum atomic E-state index is -0.395. The molecule has 30 heavy (non-hydrogen) atoms. The summed E-state index contributed by atoms with van der Waals surface area (Å²) in [7, 11) is 1.62. The second kappa shape index (κ2) is 9.47. The molecule has 0 aromatic heterocycles. The molecule has 0 unspecified atom stereocenters. The lowest BCUT2D eigenvalue weighted by Gasteiger charge is -2.22. The highest BCUT2D eigenvalue weighted by atomic mass is 35.5. The van der Waals surface area contributed by atoms with Gasteiger partial charge in [-0.15, -0.1) is 0 Å². The fraction of sp³-hybridized carbons (Fsp3) is 0.200. The number of nitrogens with zero attached hydrogens (tertiary/aromatic N) is 1. The number of ether oxygens (including phenoxy) is 1. The number of amides is 2. The van der Waals surface area contributed by atoms with Gasteiger partial charge in [0, 0.05) is 18.2 Å². The van der Waals surface area contributed by atoms with Crippen molar-refractivity contribution in [3.63, 3.8) is 0 Å². The van der Waals surface area contributed by atoms with Gasteiger partial charge >= 0.3 is 0 Å². The summed E-state index contributed by atoms with van der Waals surface area (Å²) in [6.45, 7) is 4.30. The molecular formula is C25H22ClNO3. The van der Waals surface area contributed by atoms with Crippen LogP contribution >= 0.6 is 11.6 Å². The van der Waals surface area contributed by atoms with Gasteiger partial charge in [0.15, 0.2) is 0 Å². The molecule has 0 aliphatic carbocycles. The molecule has 0 saturated carbocycles. The standard InChI is InChI=1S/C25H22ClNO3/c1-17-15-19(16-23(30-3)18(17)2)10-13-24(28)27-14-6-8-21(25(27)29)12-11-20-7-4-5-9-22(20)26/h4-5,7-10,13,15-16H,6,14H2,1-3H3/b13-10+. The van der Waals surface area contributed by atoms with E-state index in [-0.39, 0.29) is 5.91 Å². The van der Waals surface area contributed by atoms with Crippen LogP contribution in [0.15, 0.2) is 54.1 Å². The van der Waals surface area contributed by atoms with Crippen molar-refractivity contribution in [3.05, 3.63) is 81.4 Å². The van der Waals surface area contributed by atoms with Crippen molar-refractivity contribution in [2.24, 2.45) is 0 Å². The lowest BCUT2D eigenvalue weighted by atomic mass is 10.0. The second-order valence-corrected chi connectivity index (χ2v) is 7.34. The van der Waals surface area contributed by atoms with Crippen LogP contribution in [-0.4, -0.2) is 30.4 Å². The molecule has 0 saturated heterocycles. The van der Waals surface area contributed by atoms with E-state index in [4.69, 9.17) is 16.3 Å². The van der Waals surface area contributed by atoms with Crippen LogP contribution in [0.25, 0.3) is 6.08 Å². The molecule has 0 radical (unpaired) electrons. The predicted molar refractivity (Wildman–Crippen MR) is 119 cm³/mol. The summed E-state index contributed by atoms with van der Waals surface area (Å²) in [4.78, 5) is 26.6. The Labute approximate surface area is 181 Å². The van der Waals surface area contributed by atoms with Crippen molar-refractivity contribution in [2.75, 3.05) is 13.7 Å². The molecule has 4 nitrogen and oxygen atoms in total. The van der Waals surface area contributed by atoms with Gasteiger partial charge in [-0.1, -0.05) is 47.7 Å². The molecule has 1 heterocycles. The third-order valence-corrected chi connectivity index (χ3v) is 5.26. The minimum absolute atomic E-state index is 0.302. The van der Waals surface area contributed by atoms with Gasteiger partial charge in [0.1, 0.15) is 5.75 Å². The van der Waals surface area contributed by atoms with Gasteiger partial charge in [-0.05, 0) is 61.2 Å². The van der Waals surface area contributed by atoms with Crippen molar-refractivity contribution >= 4 is 29.5 Å². The summed E-state index contributed by atoms with van der Waals surface area (Å²) in [5.74, 6) is 5.76. The maximum Gasteiger partial charge on any atom is 0.268 e. The van der Waals surface area contributed by atoms with Crippen molar-refractivity contribution in [1.29, 1.82) is 0 Å². The summed E-state index contributed by atoms with van der Waals surface area (Å²) in [6.07, 6.45) is 5.42. The molecule has 2 aromatic rings. The average Bonchev–Trinajstić information content (AvgIpc) is 2.74. The molecule has 2 amide bonds. The normalized spacial score (nSPS) is 13.7. The van der Waals surface area contributed by atoms with E-state index in [1.807, 2.05) is 38.1 Å². The van der Waals surface area contributed by atoms with Gasteiger partial charge < -0.3 is 4.74 Å². The van der Waals surface area contributed by atoms with Crippen LogP contribution in [0.5, 0.6) is 5.75 Å². The van der Waals surface area contributed by atoms with E-state index >= 15 is 0 Å². The van der Waals surface area contributed by atoms with Crippen LogP contribution < -0.4 is 4.74 Å². The Bertz CT molecular complexity index is 1120. The number of halogens is 1. The van der Waals surface area contributed by atoms with E-state index in [2.05, 4.69) is 11.8 Å². The number of hydrogen-bond donors (Lipinski definition) is 0. The Balaban J connectivity index is 1.76. The van der Waals surface area contributed by atoms with E-state index in [9.17, 15) is 9.59 Å². The van der Waals surface area contributed by atoms with Crippen LogP contribution in [-0.2, 0) is 9.59 Å². The number of rotatable bonds is 3. The molecule has 0 atom stereocenters. The van der Waals surface area contributed by atoms with Crippen LogP contribution in [0.3, 0.4) is 0 Å². The van der Waals surface area contributed by atoms with Crippen molar-refractivity contribution in [1.82, 2.24) is 4.90 Å². The monoisotopic (exact) mass is 419 g/mol. The Morgan fingerprint density at radius 2 is 1.97 bits per heavy atom. The molecule has 0 spiro atoms. The van der Waals surface area contributed by atoms with Crippen LogP contribution in [0, 0.1) is 25.7 Å². The summed E-state index contributed by atoms with van der Waals surface area (Å²) < 4.78 is 5.38. The molecule has 3 rings (SSSR count). The zero-order chi connectivity index (χ0) is 21.7. The summed E-state index contributed by atoms with van der Waals surface area (Å²) >= 11 is 6.11. The van der Waals surface area contributed by atoms with E-state index < -0.39 is 5.91 Å². The van der Waals surface area contributed by atoms with Crippen LogP contribution in [0.4, 0.5) is 0 Å². The van der Waals surface area contributed by atoms with Gasteiger partial charge in [-0.25, -0.2) is 0 Å². The van der Waals surface area contributed by atoms with Gasteiger partial charge in [0.25, 0.3) is 11.8 Å². The number of benzene rings is 2. The van der Waals surface area contributed by atoms with Crippen LogP contribution in [0.1, 0.15) is 28.7 Å². The third kappa shape index (κ3) is 4.82. The second-order valence-electron chi connectivity index (χ2n) is 6.93. The Kier molecular flexibility index (Phi) is 6.76. The highest BCUT2D eigenvalue weighted by Gasteiger charge is 2.25. The Morgan fingerprint density at radius 3 is 2.70 bits per heavy atom. The minimum Gasteiger partial charge on any atom is -0.496 e. The average molecular weight is 420 g/mol. The topological polar surface area (TPSA) is 46.6 Å². The molecule has 152 valence electrons. The SMILES string of the molecule is COc1cc(/C=C/C(=O)N2CCC=C(C#Cc3ccccc3Cl)C2=O)cc(C)c1C. The number of carbonyl (C=O) groups is 2. The number of carbonyl (C=O) groups excluding carboxylic acids is 2. The summed E-state index contributed by atoms with van der Waals surface area (Å²) in [6, 6.07) is 11.0. The highest BCUT2D eigenvalue weighted by molar-refractivity contribution is 6.31. The Hall–Kier alpha value is -3.29. The summed E-state index contributed by atoms with van der Waals surface area (Å²) in [5, 5.41) is 0.522. The van der Waals surface area contributed by atoms with Gasteiger partial charge in [0.05, 0.1) is 17.7 Å². The van der Waals surface area contributed by atoms with Gasteiger partial charge in [-0.2, -0.15) is 0 Å². The zero-order valence-electron chi connectivity index (χ0n) is 17.2. The van der Waals surface area contributed by atoms with E-state index in [1.165, 1.54) is 11.0 Å². The molecule has 0 bridgehead atoms. The third-order valence-electron chi connectivity index (χ3n) is 4.93. The number of imide groups is 1. The van der Waals surface area contributed by atoms with Gasteiger partial charge in [-0.3, -0.25) is 14.5 Å². The quantitative estimate of drug-likeness (QED) is 0.534. The van der Waals surface area contributed by atoms with E-state index in [0.717, 1.165) is 22.4 Å². The molecule has 0 N–H and O–H groups in total. The summed E-state index contributed by atoms with van der Waals surface area (Å²) in [5.41, 5.74) is 3.90. The largest absolute Gasteiger partial charge is 0.496 e. The predicted octanol–water partition coefficient (Wildman–Crippen LogP) is 4.72. The van der Waals surface area contributed by atoms with Crippen LogP contribution in [0.2, 0.25) is 5.02 Å². The first-order valence-electron chi connectivity index (χ1n) is 9.56. The molecule has 0 fully saturated rings. The first kappa shape index (κ1) is 21.4. The first-order chi connectivity index (χ1) is 14.4. The smallest absolute Gasteiger partial charge is 0.268 e. The van der Waals surface area contributed by atoms with E-state index in [1.54, 1.807) is 31.4 Å². The fourth-order valence-corrected chi connectivity index (χ4v) is 3.29. The number of methoxy groups -OCH3 is 1. The molecular weight excluding hydrogens is 398 g/mol. The van der Waals surface area contributed by atoms with Crippen molar-refractivity contribution in [2.45, 2.75) is 20.3 Å². The fourth-order valence-electron chi connectivity index (χ4n) is 3.10. The number of hydrogen-bond acceptors (Lipinski definition) is 3. The lowest BCUT2D eigenvalue weighted by molar-refractivity contribution is -0.139. The Morgan fingerprint density at radius 1 is 1.20 bits per heavy atom. The van der Waals surface area contributed by atoms with Crippen molar-refractivity contribution < 1.29 is 14.3 Å². The number of aryl methyl sites for hydroxylation is 1. The molecule has 1 aliphatic rings. The maximum absolute atomic E-state index is 12.7.